The molecule has 1 aromatic carbocycles. The first-order chi connectivity index (χ1) is 14.5. The summed E-state index contributed by atoms with van der Waals surface area (Å²) in [7, 11) is 4.01. The highest BCUT2D eigenvalue weighted by atomic mass is 32.2. The third-order valence-corrected chi connectivity index (χ3v) is 5.99. The Bertz CT molecular complexity index is 905. The third kappa shape index (κ3) is 4.80. The first kappa shape index (κ1) is 22.2. The number of aromatic nitrogens is 3. The molecule has 7 nitrogen and oxygen atoms in total. The topological polar surface area (TPSA) is 72.3 Å². The first-order valence-electron chi connectivity index (χ1n) is 10.5. The van der Waals surface area contributed by atoms with Gasteiger partial charge in [-0.15, -0.1) is 5.10 Å². The highest BCUT2D eigenvalue weighted by Crippen LogP contribution is 2.37. The number of hydrogen-bond donors (Lipinski definition) is 1. The van der Waals surface area contributed by atoms with E-state index in [0.29, 0.717) is 23.3 Å². The molecule has 0 fully saturated rings. The predicted octanol–water partition coefficient (Wildman–Crippen LogP) is 4.48. The highest BCUT2D eigenvalue weighted by Gasteiger charge is 2.35. The second kappa shape index (κ2) is 10.0. The van der Waals surface area contributed by atoms with Crippen LogP contribution in [0, 0.1) is 0 Å². The van der Waals surface area contributed by atoms with Crippen LogP contribution in [0.3, 0.4) is 0 Å². The van der Waals surface area contributed by atoms with Crippen LogP contribution in [0.4, 0.5) is 11.6 Å². The summed E-state index contributed by atoms with van der Waals surface area (Å²) in [6, 6.07) is 7.81. The fourth-order valence-corrected chi connectivity index (χ4v) is 3.98. The smallest absolute Gasteiger partial charge is 0.338 e. The van der Waals surface area contributed by atoms with Gasteiger partial charge in [-0.3, -0.25) is 0 Å². The molecule has 1 aliphatic rings. The van der Waals surface area contributed by atoms with Crippen LogP contribution in [0.15, 0.2) is 40.7 Å². The Hall–Kier alpha value is -2.48. The predicted molar refractivity (Wildman–Crippen MR) is 122 cm³/mol. The van der Waals surface area contributed by atoms with Crippen LogP contribution in [0.1, 0.15) is 51.6 Å². The van der Waals surface area contributed by atoms with Gasteiger partial charge in [0.1, 0.15) is 6.04 Å². The van der Waals surface area contributed by atoms with Crippen molar-refractivity contribution in [2.75, 3.05) is 36.7 Å². The molecule has 1 aliphatic heterocycles. The van der Waals surface area contributed by atoms with Crippen molar-refractivity contribution in [2.24, 2.45) is 0 Å². The van der Waals surface area contributed by atoms with Crippen molar-refractivity contribution in [3.63, 3.8) is 0 Å². The van der Waals surface area contributed by atoms with Crippen molar-refractivity contribution in [1.82, 2.24) is 14.8 Å². The lowest BCUT2D eigenvalue weighted by atomic mass is 9.95. The van der Waals surface area contributed by atoms with Crippen LogP contribution in [-0.2, 0) is 9.53 Å². The fraction of sp³-hybridized carbons (Fsp3) is 0.500. The number of fused-ring (bicyclic) bond motifs is 1. The van der Waals surface area contributed by atoms with E-state index in [1.807, 2.05) is 42.7 Å². The number of hydrogen-bond acceptors (Lipinski definition) is 7. The van der Waals surface area contributed by atoms with Gasteiger partial charge >= 0.3 is 5.97 Å². The Kier molecular flexibility index (Phi) is 7.42. The molecule has 1 atom stereocenters. The summed E-state index contributed by atoms with van der Waals surface area (Å²) in [6.45, 7) is 6.52. The number of rotatable bonds is 9. The molecule has 0 spiro atoms. The summed E-state index contributed by atoms with van der Waals surface area (Å²) in [6.07, 6.45) is 2.87. The molecule has 0 bridgehead atoms. The van der Waals surface area contributed by atoms with Crippen LogP contribution in [0.25, 0.3) is 0 Å². The maximum absolute atomic E-state index is 13.0. The number of allylic oxidation sites excluding steroid dienone is 1. The van der Waals surface area contributed by atoms with Crippen molar-refractivity contribution in [3.8, 4) is 0 Å². The van der Waals surface area contributed by atoms with E-state index >= 15 is 0 Å². The number of thioether (sulfide) groups is 1. The van der Waals surface area contributed by atoms with Crippen LogP contribution in [-0.4, -0.2) is 47.2 Å². The van der Waals surface area contributed by atoms with E-state index in [4.69, 9.17) is 9.84 Å². The Morgan fingerprint density at radius 3 is 2.60 bits per heavy atom. The maximum Gasteiger partial charge on any atom is 0.338 e. The minimum atomic E-state index is -0.380. The zero-order chi connectivity index (χ0) is 21.7. The molecule has 1 unspecified atom stereocenters. The van der Waals surface area contributed by atoms with Crippen LogP contribution < -0.4 is 10.2 Å². The van der Waals surface area contributed by atoms with Crippen LogP contribution in [0.5, 0.6) is 0 Å². The van der Waals surface area contributed by atoms with Crippen molar-refractivity contribution in [1.29, 1.82) is 0 Å². The van der Waals surface area contributed by atoms with Gasteiger partial charge in [0.2, 0.25) is 11.1 Å². The molecule has 8 heteroatoms. The van der Waals surface area contributed by atoms with Gasteiger partial charge in [0.15, 0.2) is 0 Å². The number of carbonyl (C=O) groups excluding carboxylic acids is 1. The Morgan fingerprint density at radius 2 is 1.97 bits per heavy atom. The van der Waals surface area contributed by atoms with Crippen molar-refractivity contribution < 1.29 is 9.53 Å². The van der Waals surface area contributed by atoms with Gasteiger partial charge in [0.25, 0.3) is 0 Å². The molecule has 162 valence electrons. The number of nitrogens with one attached hydrogen (secondary N) is 1. The monoisotopic (exact) mass is 429 g/mol. The molecular weight excluding hydrogens is 398 g/mol. The Labute approximate surface area is 182 Å². The lowest BCUT2D eigenvalue weighted by molar-refractivity contribution is -0.139. The number of unbranched alkanes of at least 4 members (excludes halogenated alkanes) is 1. The largest absolute Gasteiger partial charge is 0.462 e. The second-order valence-corrected chi connectivity index (χ2v) is 8.61. The maximum atomic E-state index is 13.0. The number of carbonyl (C=O) groups is 1. The molecule has 1 aromatic heterocycles. The number of nitrogens with zero attached hydrogens (tertiary/aromatic N) is 4. The third-order valence-electron chi connectivity index (χ3n) is 4.94. The van der Waals surface area contributed by atoms with E-state index in [2.05, 4.69) is 36.3 Å². The first-order valence-corrected chi connectivity index (χ1v) is 11.5. The van der Waals surface area contributed by atoms with E-state index in [0.717, 1.165) is 42.0 Å². The molecule has 1 N–H and O–H groups in total. The summed E-state index contributed by atoms with van der Waals surface area (Å²) >= 11 is 1.62. The summed E-state index contributed by atoms with van der Waals surface area (Å²) in [5, 5.41) is 8.69. The quantitative estimate of drug-likeness (QED) is 0.358. The molecule has 2 heterocycles. The van der Waals surface area contributed by atoms with Gasteiger partial charge in [0.05, 0.1) is 12.2 Å². The number of anilines is 2. The molecular formula is C22H31N5O2S. The summed E-state index contributed by atoms with van der Waals surface area (Å²) in [4.78, 5) is 19.7. The molecule has 0 radical (unpaired) electrons. The highest BCUT2D eigenvalue weighted by molar-refractivity contribution is 7.99. The van der Waals surface area contributed by atoms with Crippen LogP contribution >= 0.6 is 11.8 Å². The fourth-order valence-electron chi connectivity index (χ4n) is 3.30. The van der Waals surface area contributed by atoms with E-state index < -0.39 is 0 Å². The van der Waals surface area contributed by atoms with Gasteiger partial charge in [0, 0.05) is 31.2 Å². The lowest BCUT2D eigenvalue weighted by Crippen LogP contribution is -2.29. The van der Waals surface area contributed by atoms with Crippen molar-refractivity contribution >= 4 is 29.4 Å². The molecule has 0 amide bonds. The number of ether oxygens (including phenoxy) is 1. The van der Waals surface area contributed by atoms with E-state index in [-0.39, 0.29) is 12.0 Å². The number of benzene rings is 1. The Morgan fingerprint density at radius 1 is 1.23 bits per heavy atom. The van der Waals surface area contributed by atoms with Crippen molar-refractivity contribution in [2.45, 2.75) is 51.2 Å². The SMILES string of the molecule is CCCCOC(=O)C1=C(C)Nc2nc(SCCC)nn2C1c1ccc(N(C)C)cc1. The zero-order valence-electron chi connectivity index (χ0n) is 18.4. The summed E-state index contributed by atoms with van der Waals surface area (Å²) in [5.41, 5.74) is 3.40. The number of esters is 1. The van der Waals surface area contributed by atoms with Gasteiger partial charge in [-0.05, 0) is 37.5 Å². The average molecular weight is 430 g/mol. The second-order valence-electron chi connectivity index (χ2n) is 7.55. The Balaban J connectivity index is 2.01. The molecule has 0 saturated heterocycles. The van der Waals surface area contributed by atoms with E-state index in [1.54, 1.807) is 11.8 Å². The normalized spacial score (nSPS) is 15.6. The van der Waals surface area contributed by atoms with E-state index in [1.165, 1.54) is 0 Å². The van der Waals surface area contributed by atoms with Gasteiger partial charge in [-0.2, -0.15) is 4.98 Å². The average Bonchev–Trinajstić information content (AvgIpc) is 3.13. The molecule has 30 heavy (non-hydrogen) atoms. The molecule has 3 rings (SSSR count). The summed E-state index contributed by atoms with van der Waals surface area (Å²) in [5.74, 6) is 1.29. The van der Waals surface area contributed by atoms with Gasteiger partial charge in [-0.1, -0.05) is 44.2 Å². The molecule has 0 saturated carbocycles. The molecule has 0 aliphatic carbocycles. The van der Waals surface area contributed by atoms with E-state index in [9.17, 15) is 4.79 Å². The van der Waals surface area contributed by atoms with Gasteiger partial charge < -0.3 is 15.0 Å². The van der Waals surface area contributed by atoms with Gasteiger partial charge in [-0.25, -0.2) is 9.48 Å². The summed E-state index contributed by atoms with van der Waals surface area (Å²) < 4.78 is 7.39. The minimum absolute atomic E-state index is 0.306. The standard InChI is InChI=1S/C22H31N5O2S/c1-6-8-13-29-20(28)18-15(3)23-21-24-22(30-14-7-2)25-27(21)19(18)16-9-11-17(12-10-16)26(4)5/h9-12,19H,6-8,13-14H2,1-5H3,(H,23,24,25). The minimum Gasteiger partial charge on any atom is -0.462 e. The van der Waals surface area contributed by atoms with Crippen LogP contribution in [0.2, 0.25) is 0 Å². The lowest BCUT2D eigenvalue weighted by Gasteiger charge is -2.28. The van der Waals surface area contributed by atoms with Crippen molar-refractivity contribution in [3.05, 3.63) is 41.1 Å². The zero-order valence-corrected chi connectivity index (χ0v) is 19.3. The molecule has 2 aromatic rings.